The van der Waals surface area contributed by atoms with Crippen LogP contribution >= 0.6 is 0 Å². The number of carboxylic acids is 1. The molecule has 0 saturated carbocycles. The van der Waals surface area contributed by atoms with Crippen LogP contribution in [0.15, 0.2) is 60.7 Å². The molecule has 0 heterocycles. The molecule has 0 aliphatic heterocycles. The zero-order valence-electron chi connectivity index (χ0n) is 20.1. The van der Waals surface area contributed by atoms with Gasteiger partial charge >= 0.3 is 5.97 Å². The predicted octanol–water partition coefficient (Wildman–Crippen LogP) is 7.57. The third kappa shape index (κ3) is 9.13. The number of aliphatic carboxylic acids is 1. The Hall–Kier alpha value is -2.46. The molecule has 0 bridgehead atoms. The Balaban J connectivity index is 2.00. The van der Waals surface area contributed by atoms with Crippen molar-refractivity contribution in [2.45, 2.75) is 89.6 Å². The molecule has 33 heavy (non-hydrogen) atoms. The summed E-state index contributed by atoms with van der Waals surface area (Å²) in [6.45, 7) is 2.67. The molecule has 2 rings (SSSR count). The first-order valence-corrected chi connectivity index (χ1v) is 12.6. The van der Waals surface area contributed by atoms with Crippen LogP contribution in [0.5, 0.6) is 0 Å². The Bertz CT molecular complexity index is 803. The first kappa shape index (κ1) is 26.8. The summed E-state index contributed by atoms with van der Waals surface area (Å²) < 4.78 is 6.34. The predicted molar refractivity (Wildman–Crippen MR) is 134 cm³/mol. The van der Waals surface area contributed by atoms with Crippen LogP contribution in [0.1, 0.15) is 99.9 Å². The zero-order valence-corrected chi connectivity index (χ0v) is 20.1. The molecule has 180 valence electrons. The number of ether oxygens (including phenoxy) is 1. The lowest BCUT2D eigenvalue weighted by Gasteiger charge is -2.33. The van der Waals surface area contributed by atoms with Crippen molar-refractivity contribution in [3.63, 3.8) is 0 Å². The van der Waals surface area contributed by atoms with E-state index in [2.05, 4.69) is 6.92 Å². The molecule has 0 saturated heterocycles. The van der Waals surface area contributed by atoms with Crippen LogP contribution in [-0.4, -0.2) is 23.5 Å². The first-order valence-electron chi connectivity index (χ1n) is 12.6. The Labute approximate surface area is 199 Å². The molecule has 0 aromatic heterocycles. The highest BCUT2D eigenvalue weighted by molar-refractivity contribution is 6.03. The van der Waals surface area contributed by atoms with Gasteiger partial charge in [-0.25, -0.2) is 0 Å². The minimum Gasteiger partial charge on any atom is -0.481 e. The summed E-state index contributed by atoms with van der Waals surface area (Å²) in [5.74, 6) is -1.11. The second-order valence-corrected chi connectivity index (χ2v) is 8.81. The van der Waals surface area contributed by atoms with Gasteiger partial charge in [0.2, 0.25) is 0 Å². The number of benzene rings is 2. The van der Waals surface area contributed by atoms with Gasteiger partial charge in [-0.15, -0.1) is 0 Å². The van der Waals surface area contributed by atoms with Gasteiger partial charge in [-0.1, -0.05) is 125 Å². The van der Waals surface area contributed by atoms with E-state index >= 15 is 0 Å². The molecular weight excluding hydrogens is 412 g/mol. The maximum atomic E-state index is 13.7. The van der Waals surface area contributed by atoms with Crippen LogP contribution in [0.2, 0.25) is 0 Å². The highest BCUT2D eigenvalue weighted by Gasteiger charge is 2.41. The lowest BCUT2D eigenvalue weighted by Crippen LogP contribution is -2.40. The smallest absolute Gasteiger partial charge is 0.303 e. The third-order valence-electron chi connectivity index (χ3n) is 6.18. The van der Waals surface area contributed by atoms with Crippen molar-refractivity contribution in [1.82, 2.24) is 0 Å². The number of unbranched alkanes of at least 4 members (excludes halogenated alkanes) is 9. The fourth-order valence-corrected chi connectivity index (χ4v) is 4.26. The van der Waals surface area contributed by atoms with Crippen molar-refractivity contribution in [3.05, 3.63) is 71.8 Å². The average molecular weight is 453 g/mol. The van der Waals surface area contributed by atoms with E-state index in [1.54, 1.807) is 12.1 Å². The monoisotopic (exact) mass is 452 g/mol. The Kier molecular flexibility index (Phi) is 12.5. The summed E-state index contributed by atoms with van der Waals surface area (Å²) in [5.41, 5.74) is -0.0395. The van der Waals surface area contributed by atoms with Crippen LogP contribution in [-0.2, 0) is 15.1 Å². The normalized spacial score (nSPS) is 12.9. The van der Waals surface area contributed by atoms with Gasteiger partial charge in [0.15, 0.2) is 11.4 Å². The van der Waals surface area contributed by atoms with E-state index in [9.17, 15) is 14.7 Å². The summed E-state index contributed by atoms with van der Waals surface area (Å²) in [5, 5.41) is 9.37. The number of rotatable bonds is 18. The Morgan fingerprint density at radius 3 is 1.82 bits per heavy atom. The summed E-state index contributed by atoms with van der Waals surface area (Å²) in [7, 11) is 0. The van der Waals surface area contributed by atoms with E-state index in [-0.39, 0.29) is 18.6 Å². The molecular formula is C29H40O4. The number of carbonyl (C=O) groups excluding carboxylic acids is 1. The minimum atomic E-state index is -1.29. The number of hydrogen-bond donors (Lipinski definition) is 1. The molecule has 1 N–H and O–H groups in total. The van der Waals surface area contributed by atoms with Crippen LogP contribution in [0, 0.1) is 0 Å². The molecule has 0 spiro atoms. The fourth-order valence-electron chi connectivity index (χ4n) is 4.26. The van der Waals surface area contributed by atoms with Crippen molar-refractivity contribution >= 4 is 11.8 Å². The molecule has 2 aromatic rings. The van der Waals surface area contributed by atoms with Crippen molar-refractivity contribution < 1.29 is 19.4 Å². The lowest BCUT2D eigenvalue weighted by molar-refractivity contribution is -0.138. The van der Waals surface area contributed by atoms with Crippen LogP contribution < -0.4 is 0 Å². The van der Waals surface area contributed by atoms with Gasteiger partial charge in [0.1, 0.15) is 0 Å². The molecule has 0 radical (unpaired) electrons. The van der Waals surface area contributed by atoms with Gasteiger partial charge in [0, 0.05) is 18.6 Å². The average Bonchev–Trinajstić information content (AvgIpc) is 2.85. The first-order chi connectivity index (χ1) is 16.1. The summed E-state index contributed by atoms with van der Waals surface area (Å²) >= 11 is 0. The summed E-state index contributed by atoms with van der Waals surface area (Å²) in [6, 6.07) is 18.4. The van der Waals surface area contributed by atoms with Gasteiger partial charge < -0.3 is 9.84 Å². The molecule has 1 atom stereocenters. The van der Waals surface area contributed by atoms with E-state index in [4.69, 9.17) is 4.74 Å². The Morgan fingerprint density at radius 2 is 1.27 bits per heavy atom. The number of Topliss-reactive ketones (excluding diaryl/α,β-unsaturated/α-hetero) is 1. The van der Waals surface area contributed by atoms with Gasteiger partial charge in [-0.2, -0.15) is 0 Å². The number of carboxylic acid groups (broad SMARTS) is 1. The molecule has 1 unspecified atom stereocenters. The van der Waals surface area contributed by atoms with Crippen LogP contribution in [0.4, 0.5) is 0 Å². The maximum Gasteiger partial charge on any atom is 0.303 e. The van der Waals surface area contributed by atoms with Crippen molar-refractivity contribution in [1.29, 1.82) is 0 Å². The van der Waals surface area contributed by atoms with Crippen molar-refractivity contribution in [2.24, 2.45) is 0 Å². The SMILES string of the molecule is CCCCCCCCCCCCOC(CCC(=O)O)(C(=O)c1ccccc1)c1ccccc1. The number of ketones is 1. The fraction of sp³-hybridized carbons (Fsp3) is 0.517. The maximum absolute atomic E-state index is 13.7. The zero-order chi connectivity index (χ0) is 23.8. The van der Waals surface area contributed by atoms with E-state index in [0.717, 1.165) is 19.3 Å². The van der Waals surface area contributed by atoms with Crippen molar-refractivity contribution in [2.75, 3.05) is 6.61 Å². The van der Waals surface area contributed by atoms with Gasteiger partial charge in [-0.05, 0) is 18.4 Å². The lowest BCUT2D eigenvalue weighted by atomic mass is 9.82. The molecule has 4 heteroatoms. The molecule has 4 nitrogen and oxygen atoms in total. The summed E-state index contributed by atoms with van der Waals surface area (Å²) in [6.07, 6.45) is 12.2. The quantitative estimate of drug-likeness (QED) is 0.187. The minimum absolute atomic E-state index is 0.109. The van der Waals surface area contributed by atoms with Gasteiger partial charge in [-0.3, -0.25) is 9.59 Å². The van der Waals surface area contributed by atoms with Gasteiger partial charge in [0.25, 0.3) is 0 Å². The Morgan fingerprint density at radius 1 is 0.758 bits per heavy atom. The van der Waals surface area contributed by atoms with Gasteiger partial charge in [0.05, 0.1) is 0 Å². The molecule has 0 aliphatic rings. The second-order valence-electron chi connectivity index (χ2n) is 8.81. The number of carbonyl (C=O) groups is 2. The molecule has 2 aromatic carbocycles. The van der Waals surface area contributed by atoms with E-state index in [0.29, 0.717) is 17.7 Å². The van der Waals surface area contributed by atoms with E-state index < -0.39 is 11.6 Å². The van der Waals surface area contributed by atoms with Crippen LogP contribution in [0.3, 0.4) is 0 Å². The topological polar surface area (TPSA) is 63.6 Å². The van der Waals surface area contributed by atoms with Crippen molar-refractivity contribution in [3.8, 4) is 0 Å². The standard InChI is InChI=1S/C29H40O4/c1-2-3-4-5-6-7-8-9-10-17-24-33-29(23-22-27(30)31,26-20-15-12-16-21-26)28(32)25-18-13-11-14-19-25/h11-16,18-21H,2-10,17,22-24H2,1H3,(H,30,31). The number of hydrogen-bond acceptors (Lipinski definition) is 3. The second kappa shape index (κ2) is 15.4. The van der Waals surface area contributed by atoms with E-state index in [1.807, 2.05) is 48.5 Å². The highest BCUT2D eigenvalue weighted by atomic mass is 16.5. The largest absolute Gasteiger partial charge is 0.481 e. The molecule has 0 fully saturated rings. The molecule has 0 aliphatic carbocycles. The summed E-state index contributed by atoms with van der Waals surface area (Å²) in [4.78, 5) is 25.1. The van der Waals surface area contributed by atoms with E-state index in [1.165, 1.54) is 44.9 Å². The third-order valence-corrected chi connectivity index (χ3v) is 6.18. The van der Waals surface area contributed by atoms with Crippen LogP contribution in [0.25, 0.3) is 0 Å². The highest BCUT2D eigenvalue weighted by Crippen LogP contribution is 2.35. The molecule has 0 amide bonds.